The number of carbonyl (C=O) groups excluding carboxylic acids is 1. The van der Waals surface area contributed by atoms with Crippen LogP contribution in [-0.4, -0.2) is 31.3 Å². The van der Waals surface area contributed by atoms with Crippen molar-refractivity contribution < 1.29 is 23.4 Å². The number of hydrogen-bond acceptors (Lipinski definition) is 4. The molecule has 6 heteroatoms. The minimum atomic E-state index is -0.361. The number of nitrogens with one attached hydrogen (secondary N) is 1. The minimum Gasteiger partial charge on any atom is -0.489 e. The van der Waals surface area contributed by atoms with Gasteiger partial charge in [-0.3, -0.25) is 4.79 Å². The molecule has 0 bridgehead atoms. The highest BCUT2D eigenvalue weighted by Crippen LogP contribution is 2.30. The first-order chi connectivity index (χ1) is 15.0. The Morgan fingerprint density at radius 2 is 2.00 bits per heavy atom. The van der Waals surface area contributed by atoms with E-state index in [-0.39, 0.29) is 24.6 Å². The molecule has 31 heavy (non-hydrogen) atoms. The Bertz CT molecular complexity index is 1070. The average molecular weight is 426 g/mol. The fourth-order valence-corrected chi connectivity index (χ4v) is 4.25. The van der Waals surface area contributed by atoms with Gasteiger partial charge in [-0.25, -0.2) is 4.39 Å². The second-order valence-electron chi connectivity index (χ2n) is 8.07. The van der Waals surface area contributed by atoms with Gasteiger partial charge in [0, 0.05) is 30.5 Å². The molecule has 1 aliphatic rings. The second-order valence-corrected chi connectivity index (χ2v) is 8.07. The number of fused-ring (bicyclic) bond motifs is 1. The van der Waals surface area contributed by atoms with E-state index in [2.05, 4.69) is 34.8 Å². The van der Waals surface area contributed by atoms with Gasteiger partial charge in [0.25, 0.3) is 0 Å². The highest BCUT2D eigenvalue weighted by molar-refractivity contribution is 5.83. The Morgan fingerprint density at radius 1 is 1.19 bits per heavy atom. The number of aromatic nitrogens is 1. The lowest BCUT2D eigenvalue weighted by Crippen LogP contribution is -2.15. The molecule has 4 rings (SSSR count). The van der Waals surface area contributed by atoms with Gasteiger partial charge in [0.1, 0.15) is 12.4 Å². The molecule has 0 unspecified atom stereocenters. The summed E-state index contributed by atoms with van der Waals surface area (Å²) in [7, 11) is 1.33. The monoisotopic (exact) mass is 425 g/mol. The standard InChI is InChI=1S/C25H28FNO4/c1-16-13-17(3-5-20(16)18-9-11-30-12-10-18)15-31-19-4-6-22-21(14-19)25(26)23(27-22)7-8-24(28)29-2/h3-6,13-14,18,27H,7-12,15H2,1-2H3. The van der Waals surface area contributed by atoms with E-state index in [1.165, 1.54) is 18.2 Å². The summed E-state index contributed by atoms with van der Waals surface area (Å²) < 4.78 is 30.8. The van der Waals surface area contributed by atoms with Gasteiger partial charge in [-0.2, -0.15) is 0 Å². The number of rotatable bonds is 7. The van der Waals surface area contributed by atoms with Crippen molar-refractivity contribution in [1.82, 2.24) is 4.98 Å². The first-order valence-electron chi connectivity index (χ1n) is 10.7. The van der Waals surface area contributed by atoms with Gasteiger partial charge in [-0.15, -0.1) is 0 Å². The number of halogens is 1. The van der Waals surface area contributed by atoms with Crippen molar-refractivity contribution in [3.63, 3.8) is 0 Å². The van der Waals surface area contributed by atoms with Crippen LogP contribution in [0.15, 0.2) is 36.4 Å². The molecule has 2 heterocycles. The van der Waals surface area contributed by atoms with Gasteiger partial charge < -0.3 is 19.2 Å². The third kappa shape index (κ3) is 4.90. The maximum Gasteiger partial charge on any atom is 0.305 e. The van der Waals surface area contributed by atoms with Crippen LogP contribution in [0.4, 0.5) is 4.39 Å². The van der Waals surface area contributed by atoms with Gasteiger partial charge in [-0.1, -0.05) is 18.2 Å². The van der Waals surface area contributed by atoms with Crippen LogP contribution in [-0.2, 0) is 27.3 Å². The molecule has 0 radical (unpaired) electrons. The van der Waals surface area contributed by atoms with Gasteiger partial charge in [0.2, 0.25) is 0 Å². The molecule has 5 nitrogen and oxygen atoms in total. The Kier molecular flexibility index (Phi) is 6.56. The maximum atomic E-state index is 14.8. The largest absolute Gasteiger partial charge is 0.489 e. The van der Waals surface area contributed by atoms with Crippen LogP contribution < -0.4 is 4.74 Å². The SMILES string of the molecule is COC(=O)CCc1[nH]c2ccc(OCc3ccc(C4CCOCC4)c(C)c3)cc2c1F. The number of aryl methyl sites for hydroxylation is 2. The van der Waals surface area contributed by atoms with E-state index in [4.69, 9.17) is 9.47 Å². The summed E-state index contributed by atoms with van der Waals surface area (Å²) in [6, 6.07) is 11.8. The van der Waals surface area contributed by atoms with Gasteiger partial charge in [-0.05, 0) is 60.6 Å². The molecule has 1 aliphatic heterocycles. The third-order valence-electron chi connectivity index (χ3n) is 5.99. The van der Waals surface area contributed by atoms with Crippen molar-refractivity contribution in [2.45, 2.75) is 45.1 Å². The quantitative estimate of drug-likeness (QED) is 0.529. The first kappa shape index (κ1) is 21.4. The summed E-state index contributed by atoms with van der Waals surface area (Å²) in [5.41, 5.74) is 4.83. The summed E-state index contributed by atoms with van der Waals surface area (Å²) in [5.74, 6) is 0.466. The van der Waals surface area contributed by atoms with E-state index >= 15 is 0 Å². The molecule has 0 spiro atoms. The zero-order valence-electron chi connectivity index (χ0n) is 18.0. The maximum absolute atomic E-state index is 14.8. The van der Waals surface area contributed by atoms with Crippen molar-refractivity contribution in [2.24, 2.45) is 0 Å². The topological polar surface area (TPSA) is 60.6 Å². The lowest BCUT2D eigenvalue weighted by Gasteiger charge is -2.24. The number of hydrogen-bond donors (Lipinski definition) is 1. The number of aromatic amines is 1. The van der Waals surface area contributed by atoms with Crippen molar-refractivity contribution in [3.05, 3.63) is 64.6 Å². The third-order valence-corrected chi connectivity index (χ3v) is 5.99. The van der Waals surface area contributed by atoms with E-state index in [1.807, 2.05) is 6.07 Å². The molecule has 0 aliphatic carbocycles. The molecule has 1 fully saturated rings. The number of benzene rings is 2. The minimum absolute atomic E-state index is 0.132. The number of esters is 1. The number of H-pyrrole nitrogens is 1. The van der Waals surface area contributed by atoms with E-state index < -0.39 is 0 Å². The molecule has 3 aromatic rings. The second kappa shape index (κ2) is 9.52. The molecular weight excluding hydrogens is 397 g/mol. The van der Waals surface area contributed by atoms with Crippen LogP contribution in [0.5, 0.6) is 5.75 Å². The van der Waals surface area contributed by atoms with Crippen molar-refractivity contribution in [3.8, 4) is 5.75 Å². The summed E-state index contributed by atoms with van der Waals surface area (Å²) in [6.07, 6.45) is 2.54. The van der Waals surface area contributed by atoms with Gasteiger partial charge in [0.05, 0.1) is 19.2 Å². The fraction of sp³-hybridized carbons (Fsp3) is 0.400. The normalized spacial score (nSPS) is 14.7. The van der Waals surface area contributed by atoms with E-state index in [9.17, 15) is 9.18 Å². The van der Waals surface area contributed by atoms with Crippen LogP contribution in [0, 0.1) is 12.7 Å². The van der Waals surface area contributed by atoms with Crippen LogP contribution >= 0.6 is 0 Å². The van der Waals surface area contributed by atoms with Crippen molar-refractivity contribution >= 4 is 16.9 Å². The predicted octanol–water partition coefficient (Wildman–Crippen LogP) is 5.19. The zero-order valence-corrected chi connectivity index (χ0v) is 18.0. The smallest absolute Gasteiger partial charge is 0.305 e. The molecule has 2 aromatic carbocycles. The summed E-state index contributed by atoms with van der Waals surface area (Å²) in [5, 5.41) is 0.461. The number of ether oxygens (including phenoxy) is 3. The number of methoxy groups -OCH3 is 1. The van der Waals surface area contributed by atoms with Crippen LogP contribution in [0.25, 0.3) is 10.9 Å². The van der Waals surface area contributed by atoms with Gasteiger partial charge in [0.15, 0.2) is 5.82 Å². The summed E-state index contributed by atoms with van der Waals surface area (Å²) in [4.78, 5) is 14.4. The van der Waals surface area contributed by atoms with Gasteiger partial charge >= 0.3 is 5.97 Å². The Labute approximate surface area is 181 Å². The average Bonchev–Trinajstić information content (AvgIpc) is 3.11. The van der Waals surface area contributed by atoms with Crippen LogP contribution in [0.2, 0.25) is 0 Å². The molecule has 1 saturated heterocycles. The Morgan fingerprint density at radius 3 is 2.74 bits per heavy atom. The van der Waals surface area contributed by atoms with Crippen LogP contribution in [0.3, 0.4) is 0 Å². The Balaban J connectivity index is 1.43. The van der Waals surface area contributed by atoms with Crippen molar-refractivity contribution in [1.29, 1.82) is 0 Å². The molecule has 0 amide bonds. The molecule has 0 atom stereocenters. The summed E-state index contributed by atoms with van der Waals surface area (Å²) in [6.45, 7) is 4.22. The zero-order chi connectivity index (χ0) is 21.8. The number of carbonyl (C=O) groups is 1. The lowest BCUT2D eigenvalue weighted by molar-refractivity contribution is -0.140. The molecule has 0 saturated carbocycles. The lowest BCUT2D eigenvalue weighted by atomic mass is 9.88. The Hall–Kier alpha value is -2.86. The summed E-state index contributed by atoms with van der Waals surface area (Å²) >= 11 is 0. The van der Waals surface area contributed by atoms with Crippen LogP contribution in [0.1, 0.15) is 47.6 Å². The molecular formula is C25H28FNO4. The highest BCUT2D eigenvalue weighted by Gasteiger charge is 2.18. The predicted molar refractivity (Wildman–Crippen MR) is 117 cm³/mol. The molecule has 1 N–H and O–H groups in total. The highest BCUT2D eigenvalue weighted by atomic mass is 19.1. The van der Waals surface area contributed by atoms with E-state index in [1.54, 1.807) is 12.1 Å². The van der Waals surface area contributed by atoms with E-state index in [0.717, 1.165) is 31.6 Å². The fourth-order valence-electron chi connectivity index (χ4n) is 4.25. The van der Waals surface area contributed by atoms with E-state index in [0.29, 0.717) is 34.9 Å². The molecule has 164 valence electrons. The first-order valence-corrected chi connectivity index (χ1v) is 10.7. The molecule has 1 aromatic heterocycles. The van der Waals surface area contributed by atoms with Crippen molar-refractivity contribution in [2.75, 3.05) is 20.3 Å².